The van der Waals surface area contributed by atoms with E-state index in [4.69, 9.17) is 9.84 Å². The van der Waals surface area contributed by atoms with E-state index in [-0.39, 0.29) is 0 Å². The van der Waals surface area contributed by atoms with E-state index >= 15 is 0 Å². The Labute approximate surface area is 125 Å². The molecule has 5 atom stereocenters. The second kappa shape index (κ2) is 6.00. The number of fused-ring (bicyclic) bond motifs is 1. The first-order chi connectivity index (χ1) is 10.6. The molecule has 0 unspecified atom stereocenters. The van der Waals surface area contributed by atoms with Crippen molar-refractivity contribution in [2.24, 2.45) is 0 Å². The van der Waals surface area contributed by atoms with Crippen LogP contribution in [0.4, 0.5) is 0 Å². The molecule has 3 heterocycles. The number of nitrogens with one attached hydrogen (secondary N) is 1. The molecule has 8 heteroatoms. The van der Waals surface area contributed by atoms with E-state index in [2.05, 4.69) is 27.0 Å². The fourth-order valence-corrected chi connectivity index (χ4v) is 2.32. The Bertz CT molecular complexity index is 720. The molecular formula is C14H15N3O5. The number of hydrogen-bond acceptors (Lipinski definition) is 7. The second-order valence-corrected chi connectivity index (χ2v) is 5.01. The van der Waals surface area contributed by atoms with Crippen molar-refractivity contribution in [3.05, 3.63) is 24.2 Å². The molecule has 1 aliphatic heterocycles. The second-order valence-electron chi connectivity index (χ2n) is 5.01. The van der Waals surface area contributed by atoms with Crippen molar-refractivity contribution in [2.75, 3.05) is 6.61 Å². The number of pyridine rings is 1. The number of aliphatic hydroxyl groups is 4. The molecule has 0 spiro atoms. The normalized spacial score (nSPS) is 31.7. The Morgan fingerprint density at radius 1 is 1.23 bits per heavy atom. The van der Waals surface area contributed by atoms with Crippen molar-refractivity contribution >= 4 is 10.9 Å². The third kappa shape index (κ3) is 2.56. The fourth-order valence-electron chi connectivity index (χ4n) is 2.32. The molecule has 0 radical (unpaired) electrons. The molecule has 5 N–H and O–H groups in total. The van der Waals surface area contributed by atoms with Gasteiger partial charge in [-0.2, -0.15) is 5.10 Å². The van der Waals surface area contributed by atoms with Gasteiger partial charge in [-0.3, -0.25) is 5.10 Å². The largest absolute Gasteiger partial charge is 0.394 e. The van der Waals surface area contributed by atoms with Crippen LogP contribution < -0.4 is 0 Å². The highest BCUT2D eigenvalue weighted by molar-refractivity contribution is 5.82. The molecule has 0 bridgehead atoms. The third-order valence-electron chi connectivity index (χ3n) is 3.59. The van der Waals surface area contributed by atoms with E-state index < -0.39 is 37.1 Å². The van der Waals surface area contributed by atoms with Gasteiger partial charge in [0.1, 0.15) is 36.2 Å². The van der Waals surface area contributed by atoms with Crippen LogP contribution in [0.1, 0.15) is 5.69 Å². The average molecular weight is 305 g/mol. The van der Waals surface area contributed by atoms with Crippen LogP contribution in [0.3, 0.4) is 0 Å². The minimum absolute atomic E-state index is 0.423. The summed E-state index contributed by atoms with van der Waals surface area (Å²) in [6, 6.07) is 1.78. The number of nitrogens with zero attached hydrogens (tertiary/aromatic N) is 2. The van der Waals surface area contributed by atoms with Crippen LogP contribution >= 0.6 is 0 Å². The van der Waals surface area contributed by atoms with Crippen LogP contribution in [0.15, 0.2) is 18.5 Å². The standard InChI is InChI=1S/C14H15N3O5/c18-6-10-13(20)14(21)12(19)9(22-10)2-1-8-11-7(3-4-15-8)5-16-17-11/h3-5,9-10,12-14,18-21H,6H2,(H,16,17)/t9-,10-,12-,13-,14-/m1/s1. The van der Waals surface area contributed by atoms with Gasteiger partial charge in [-0.05, 0) is 12.0 Å². The number of H-pyrrole nitrogens is 1. The predicted octanol–water partition coefficient (Wildman–Crippen LogP) is -1.85. The summed E-state index contributed by atoms with van der Waals surface area (Å²) in [4.78, 5) is 4.12. The van der Waals surface area contributed by atoms with Crippen molar-refractivity contribution in [3.63, 3.8) is 0 Å². The number of hydrogen-bond donors (Lipinski definition) is 5. The molecular weight excluding hydrogens is 290 g/mol. The molecule has 2 aromatic heterocycles. The average Bonchev–Trinajstić information content (AvgIpc) is 3.01. The third-order valence-corrected chi connectivity index (χ3v) is 3.59. The molecule has 1 saturated heterocycles. The Kier molecular flexibility index (Phi) is 4.06. The van der Waals surface area contributed by atoms with Gasteiger partial charge in [-0.25, -0.2) is 4.98 Å². The van der Waals surface area contributed by atoms with Crippen LogP contribution in [0.5, 0.6) is 0 Å². The summed E-state index contributed by atoms with van der Waals surface area (Å²) in [5.41, 5.74) is 1.08. The van der Waals surface area contributed by atoms with E-state index in [0.29, 0.717) is 11.2 Å². The molecule has 0 aliphatic carbocycles. The SMILES string of the molecule is OC[C@H]1O[C@H](C#Cc2nccc3cn[nH]c23)[C@@H](O)[C@@H](O)[C@@H]1O. The minimum atomic E-state index is -1.44. The van der Waals surface area contributed by atoms with Crippen LogP contribution in [0.25, 0.3) is 10.9 Å². The number of aliphatic hydroxyl groups excluding tert-OH is 4. The molecule has 0 saturated carbocycles. The van der Waals surface area contributed by atoms with Gasteiger partial charge >= 0.3 is 0 Å². The molecule has 116 valence electrons. The van der Waals surface area contributed by atoms with Gasteiger partial charge in [0.2, 0.25) is 0 Å². The van der Waals surface area contributed by atoms with Gasteiger partial charge in [-0.1, -0.05) is 5.92 Å². The molecule has 22 heavy (non-hydrogen) atoms. The minimum Gasteiger partial charge on any atom is -0.394 e. The van der Waals surface area contributed by atoms with Gasteiger partial charge in [0.15, 0.2) is 0 Å². The van der Waals surface area contributed by atoms with E-state index in [9.17, 15) is 15.3 Å². The van der Waals surface area contributed by atoms with Crippen molar-refractivity contribution in [2.45, 2.75) is 30.5 Å². The monoisotopic (exact) mass is 305 g/mol. The molecule has 0 aromatic carbocycles. The van der Waals surface area contributed by atoms with Crippen molar-refractivity contribution in [1.82, 2.24) is 15.2 Å². The zero-order valence-electron chi connectivity index (χ0n) is 11.4. The molecule has 1 aliphatic rings. The molecule has 0 amide bonds. The summed E-state index contributed by atoms with van der Waals surface area (Å²) in [6.07, 6.45) is -3.03. The van der Waals surface area contributed by atoms with Crippen LogP contribution in [0.2, 0.25) is 0 Å². The lowest BCUT2D eigenvalue weighted by Crippen LogP contribution is -2.58. The first-order valence-electron chi connectivity index (χ1n) is 6.72. The van der Waals surface area contributed by atoms with E-state index in [1.165, 1.54) is 0 Å². The van der Waals surface area contributed by atoms with E-state index in [0.717, 1.165) is 5.39 Å². The van der Waals surface area contributed by atoms with Gasteiger partial charge < -0.3 is 25.2 Å². The van der Waals surface area contributed by atoms with Gasteiger partial charge in [0.25, 0.3) is 0 Å². The van der Waals surface area contributed by atoms with Crippen LogP contribution in [-0.4, -0.2) is 72.7 Å². The maximum Gasteiger partial charge on any atom is 0.147 e. The lowest BCUT2D eigenvalue weighted by molar-refractivity contribution is -0.214. The summed E-state index contributed by atoms with van der Waals surface area (Å²) in [6.45, 7) is -0.489. The quantitative estimate of drug-likeness (QED) is 0.391. The Balaban J connectivity index is 1.88. The number of rotatable bonds is 1. The summed E-state index contributed by atoms with van der Waals surface area (Å²) in [7, 11) is 0. The van der Waals surface area contributed by atoms with Gasteiger partial charge in [0, 0.05) is 11.6 Å². The van der Waals surface area contributed by atoms with Gasteiger partial charge in [-0.15, -0.1) is 0 Å². The Hall–Kier alpha value is -2.02. The zero-order chi connectivity index (χ0) is 15.7. The van der Waals surface area contributed by atoms with E-state index in [1.54, 1.807) is 18.5 Å². The summed E-state index contributed by atoms with van der Waals surface area (Å²) >= 11 is 0. The summed E-state index contributed by atoms with van der Waals surface area (Å²) in [5, 5.41) is 46.0. The van der Waals surface area contributed by atoms with Gasteiger partial charge in [0.05, 0.1) is 18.3 Å². The first kappa shape index (κ1) is 14.9. The highest BCUT2D eigenvalue weighted by Gasteiger charge is 2.42. The summed E-state index contributed by atoms with van der Waals surface area (Å²) in [5.74, 6) is 5.43. The van der Waals surface area contributed by atoms with Crippen molar-refractivity contribution < 1.29 is 25.2 Å². The maximum atomic E-state index is 9.91. The lowest BCUT2D eigenvalue weighted by atomic mass is 9.95. The molecule has 2 aromatic rings. The summed E-state index contributed by atoms with van der Waals surface area (Å²) < 4.78 is 5.31. The molecule has 1 fully saturated rings. The van der Waals surface area contributed by atoms with E-state index in [1.807, 2.05) is 0 Å². The van der Waals surface area contributed by atoms with Crippen LogP contribution in [-0.2, 0) is 4.74 Å². The maximum absolute atomic E-state index is 9.91. The first-order valence-corrected chi connectivity index (χ1v) is 6.72. The fraction of sp³-hybridized carbons (Fsp3) is 0.429. The lowest BCUT2D eigenvalue weighted by Gasteiger charge is -2.37. The Morgan fingerprint density at radius 2 is 2.05 bits per heavy atom. The Morgan fingerprint density at radius 3 is 2.82 bits per heavy atom. The molecule has 3 rings (SSSR count). The van der Waals surface area contributed by atoms with Crippen molar-refractivity contribution in [1.29, 1.82) is 0 Å². The van der Waals surface area contributed by atoms with Crippen LogP contribution in [0, 0.1) is 11.8 Å². The topological polar surface area (TPSA) is 132 Å². The number of ether oxygens (including phenoxy) is 1. The number of aromatic amines is 1. The highest BCUT2D eigenvalue weighted by Crippen LogP contribution is 2.21. The highest BCUT2D eigenvalue weighted by atomic mass is 16.5. The zero-order valence-corrected chi connectivity index (χ0v) is 11.4. The number of aromatic nitrogens is 3. The predicted molar refractivity (Wildman–Crippen MR) is 74.5 cm³/mol. The van der Waals surface area contributed by atoms with Crippen molar-refractivity contribution in [3.8, 4) is 11.8 Å². The molecule has 8 nitrogen and oxygen atoms in total. The smallest absolute Gasteiger partial charge is 0.147 e.